The molecule has 0 aliphatic heterocycles. The highest BCUT2D eigenvalue weighted by atomic mass is 19.4. The normalized spacial score (nSPS) is 12.5. The predicted octanol–water partition coefficient (Wildman–Crippen LogP) is 4.19. The summed E-state index contributed by atoms with van der Waals surface area (Å²) in [5.74, 6) is -0.795. The van der Waals surface area contributed by atoms with E-state index in [1.54, 1.807) is 23.8 Å². The third-order valence-corrected chi connectivity index (χ3v) is 4.94. The van der Waals surface area contributed by atoms with Gasteiger partial charge in [0.2, 0.25) is 11.8 Å². The molecule has 162 valence electrons. The van der Waals surface area contributed by atoms with E-state index in [0.29, 0.717) is 6.54 Å². The van der Waals surface area contributed by atoms with Crippen molar-refractivity contribution < 1.29 is 22.8 Å². The van der Waals surface area contributed by atoms with Crippen LogP contribution in [0.3, 0.4) is 0 Å². The second kappa shape index (κ2) is 10.2. The zero-order valence-electron chi connectivity index (χ0n) is 17.2. The molecule has 0 fully saturated rings. The lowest BCUT2D eigenvalue weighted by atomic mass is 10.1. The largest absolute Gasteiger partial charge is 0.418 e. The molecular weight excluding hydrogens is 395 g/mol. The number of alkyl halides is 3. The van der Waals surface area contributed by atoms with Gasteiger partial charge in [-0.25, -0.2) is 0 Å². The first kappa shape index (κ1) is 23.4. The van der Waals surface area contributed by atoms with Gasteiger partial charge in [-0.3, -0.25) is 14.5 Å². The van der Waals surface area contributed by atoms with E-state index in [9.17, 15) is 22.8 Å². The Morgan fingerprint density at radius 2 is 1.60 bits per heavy atom. The molecule has 0 spiro atoms. The van der Waals surface area contributed by atoms with Crippen LogP contribution in [0.25, 0.3) is 0 Å². The maximum atomic E-state index is 13.1. The van der Waals surface area contributed by atoms with Crippen molar-refractivity contribution in [3.05, 3.63) is 65.7 Å². The van der Waals surface area contributed by atoms with Gasteiger partial charge in [0.05, 0.1) is 30.4 Å². The van der Waals surface area contributed by atoms with Crippen LogP contribution >= 0.6 is 0 Å². The van der Waals surface area contributed by atoms with E-state index >= 15 is 0 Å². The van der Waals surface area contributed by atoms with Crippen molar-refractivity contribution in [2.75, 3.05) is 32.0 Å². The quantitative estimate of drug-likeness (QED) is 0.696. The number of rotatable bonds is 8. The van der Waals surface area contributed by atoms with Crippen molar-refractivity contribution >= 4 is 17.5 Å². The van der Waals surface area contributed by atoms with Gasteiger partial charge >= 0.3 is 6.18 Å². The van der Waals surface area contributed by atoms with E-state index in [2.05, 4.69) is 5.32 Å². The second-order valence-electron chi connectivity index (χ2n) is 6.99. The summed E-state index contributed by atoms with van der Waals surface area (Å²) in [6.07, 6.45) is -4.57. The van der Waals surface area contributed by atoms with Crippen LogP contribution in [0.2, 0.25) is 0 Å². The number of hydrogen-bond donors (Lipinski definition) is 1. The Morgan fingerprint density at radius 3 is 2.20 bits per heavy atom. The monoisotopic (exact) mass is 421 g/mol. The lowest BCUT2D eigenvalue weighted by Gasteiger charge is -2.28. The van der Waals surface area contributed by atoms with Crippen molar-refractivity contribution in [2.45, 2.75) is 26.1 Å². The van der Waals surface area contributed by atoms with E-state index in [1.807, 2.05) is 37.3 Å². The molecular formula is C22H26F3N3O2. The molecule has 1 unspecified atom stereocenters. The topological polar surface area (TPSA) is 52.7 Å². The molecule has 0 radical (unpaired) electrons. The van der Waals surface area contributed by atoms with Gasteiger partial charge in [-0.2, -0.15) is 13.2 Å². The van der Waals surface area contributed by atoms with Crippen molar-refractivity contribution in [1.29, 1.82) is 0 Å². The Hall–Kier alpha value is -2.87. The Balaban J connectivity index is 1.98. The molecule has 0 aliphatic rings. The van der Waals surface area contributed by atoms with Gasteiger partial charge in [0.1, 0.15) is 0 Å². The van der Waals surface area contributed by atoms with Crippen LogP contribution in [0.4, 0.5) is 18.9 Å². The van der Waals surface area contributed by atoms with Gasteiger partial charge < -0.3 is 10.2 Å². The first-order chi connectivity index (χ1) is 14.1. The van der Waals surface area contributed by atoms with E-state index in [0.717, 1.165) is 11.6 Å². The Morgan fingerprint density at radius 1 is 1.00 bits per heavy atom. The maximum absolute atomic E-state index is 13.1. The van der Waals surface area contributed by atoms with Gasteiger partial charge in [-0.1, -0.05) is 49.4 Å². The molecule has 30 heavy (non-hydrogen) atoms. The summed E-state index contributed by atoms with van der Waals surface area (Å²) in [6, 6.07) is 14.2. The summed E-state index contributed by atoms with van der Waals surface area (Å²) in [4.78, 5) is 28.2. The van der Waals surface area contributed by atoms with Gasteiger partial charge in [0.25, 0.3) is 0 Å². The molecule has 0 aliphatic carbocycles. The molecule has 0 heterocycles. The highest BCUT2D eigenvalue weighted by Crippen LogP contribution is 2.34. The van der Waals surface area contributed by atoms with Crippen LogP contribution in [0.1, 0.15) is 31.0 Å². The standard InChI is InChI=1S/C22H26F3N3O2/c1-4-28(15-21(30)27(3)16(2)17-10-6-5-7-11-17)14-20(29)26-19-13-9-8-12-18(19)22(23,24)25/h5-13,16H,4,14-15H2,1-3H3,(H,26,29). The number of likely N-dealkylation sites (N-methyl/N-ethyl adjacent to an activating group) is 2. The van der Waals surface area contributed by atoms with Gasteiger partial charge in [-0.05, 0) is 31.2 Å². The van der Waals surface area contributed by atoms with Gasteiger partial charge in [0, 0.05) is 7.05 Å². The number of carbonyl (C=O) groups is 2. The van der Waals surface area contributed by atoms with Crippen molar-refractivity contribution in [2.24, 2.45) is 0 Å². The molecule has 0 saturated heterocycles. The van der Waals surface area contributed by atoms with Gasteiger partial charge in [0.15, 0.2) is 0 Å². The van der Waals surface area contributed by atoms with E-state index in [-0.39, 0.29) is 30.7 Å². The first-order valence-corrected chi connectivity index (χ1v) is 9.62. The number of nitrogens with one attached hydrogen (secondary N) is 1. The fraction of sp³-hybridized carbons (Fsp3) is 0.364. The highest BCUT2D eigenvalue weighted by Gasteiger charge is 2.33. The summed E-state index contributed by atoms with van der Waals surface area (Å²) < 4.78 is 39.3. The van der Waals surface area contributed by atoms with Crippen LogP contribution in [0.5, 0.6) is 0 Å². The molecule has 2 amide bonds. The zero-order valence-corrected chi connectivity index (χ0v) is 17.2. The number of carbonyl (C=O) groups excluding carboxylic acids is 2. The molecule has 0 aromatic heterocycles. The molecule has 0 saturated carbocycles. The Bertz CT molecular complexity index is 856. The van der Waals surface area contributed by atoms with E-state index in [4.69, 9.17) is 0 Å². The van der Waals surface area contributed by atoms with Crippen LogP contribution in [-0.2, 0) is 15.8 Å². The minimum atomic E-state index is -4.57. The predicted molar refractivity (Wildman–Crippen MR) is 110 cm³/mol. The van der Waals surface area contributed by atoms with Crippen LogP contribution in [0.15, 0.2) is 54.6 Å². The molecule has 0 bridgehead atoms. The third-order valence-electron chi connectivity index (χ3n) is 4.94. The zero-order chi connectivity index (χ0) is 22.3. The highest BCUT2D eigenvalue weighted by molar-refractivity contribution is 5.93. The lowest BCUT2D eigenvalue weighted by Crippen LogP contribution is -2.42. The molecule has 8 heteroatoms. The van der Waals surface area contributed by atoms with Crippen LogP contribution < -0.4 is 5.32 Å². The number of amides is 2. The number of hydrogen-bond acceptors (Lipinski definition) is 3. The van der Waals surface area contributed by atoms with Crippen LogP contribution in [0, 0.1) is 0 Å². The molecule has 1 N–H and O–H groups in total. The third kappa shape index (κ3) is 6.32. The van der Waals surface area contributed by atoms with E-state index < -0.39 is 17.6 Å². The summed E-state index contributed by atoms with van der Waals surface area (Å²) in [5.41, 5.74) is -0.223. The minimum Gasteiger partial charge on any atom is -0.338 e. The van der Waals surface area contributed by atoms with Crippen molar-refractivity contribution in [3.63, 3.8) is 0 Å². The fourth-order valence-corrected chi connectivity index (χ4v) is 2.99. The average Bonchev–Trinajstić information content (AvgIpc) is 2.72. The summed E-state index contributed by atoms with van der Waals surface area (Å²) in [5, 5.41) is 2.31. The number of nitrogens with zero attached hydrogens (tertiary/aromatic N) is 2. The van der Waals surface area contributed by atoms with E-state index in [1.165, 1.54) is 18.2 Å². The minimum absolute atomic E-state index is 0.0154. The molecule has 2 aromatic rings. The summed E-state index contributed by atoms with van der Waals surface area (Å²) >= 11 is 0. The van der Waals surface area contributed by atoms with Gasteiger partial charge in [-0.15, -0.1) is 0 Å². The van der Waals surface area contributed by atoms with Crippen molar-refractivity contribution in [3.8, 4) is 0 Å². The fourth-order valence-electron chi connectivity index (χ4n) is 2.99. The number of para-hydroxylation sites is 1. The smallest absolute Gasteiger partial charge is 0.338 e. The molecule has 2 rings (SSSR count). The molecule has 1 atom stereocenters. The lowest BCUT2D eigenvalue weighted by molar-refractivity contribution is -0.137. The summed E-state index contributed by atoms with van der Waals surface area (Å²) in [6.45, 7) is 3.88. The SMILES string of the molecule is CCN(CC(=O)Nc1ccccc1C(F)(F)F)CC(=O)N(C)C(C)c1ccccc1. The second-order valence-corrected chi connectivity index (χ2v) is 6.99. The number of benzene rings is 2. The summed E-state index contributed by atoms with van der Waals surface area (Å²) in [7, 11) is 1.69. The molecule has 5 nitrogen and oxygen atoms in total. The Kier molecular flexibility index (Phi) is 8.00. The number of halogens is 3. The van der Waals surface area contributed by atoms with Crippen LogP contribution in [-0.4, -0.2) is 48.3 Å². The first-order valence-electron chi connectivity index (χ1n) is 9.62. The molecule has 2 aromatic carbocycles. The Labute approximate surface area is 174 Å². The number of anilines is 1. The van der Waals surface area contributed by atoms with Crippen molar-refractivity contribution in [1.82, 2.24) is 9.80 Å². The average molecular weight is 421 g/mol. The maximum Gasteiger partial charge on any atom is 0.418 e.